The van der Waals surface area contributed by atoms with E-state index in [2.05, 4.69) is 21.2 Å². The van der Waals surface area contributed by atoms with Gasteiger partial charge in [0.15, 0.2) is 0 Å². The van der Waals surface area contributed by atoms with Crippen molar-refractivity contribution in [2.75, 3.05) is 5.32 Å². The highest BCUT2D eigenvalue weighted by Gasteiger charge is 2.15. The molecule has 2 aromatic carbocycles. The summed E-state index contributed by atoms with van der Waals surface area (Å²) in [5.41, 5.74) is 1.52. The number of amides is 1. The van der Waals surface area contributed by atoms with Crippen molar-refractivity contribution in [3.63, 3.8) is 0 Å². The molecule has 1 N–H and O–H groups in total. The first-order valence-electron chi connectivity index (χ1n) is 7.24. The zero-order valence-electron chi connectivity index (χ0n) is 12.8. The number of ether oxygens (including phenoxy) is 1. The number of thiophene rings is 1. The summed E-state index contributed by atoms with van der Waals surface area (Å²) in [5, 5.41) is 5.77. The molecule has 0 aliphatic rings. The van der Waals surface area contributed by atoms with Gasteiger partial charge in [-0.15, -0.1) is 11.3 Å². The van der Waals surface area contributed by atoms with Gasteiger partial charge in [0, 0.05) is 25.8 Å². The fraction of sp³-hybridized carbons (Fsp3) is 0.0556. The molecule has 25 heavy (non-hydrogen) atoms. The number of benzene rings is 2. The third-order valence-corrected chi connectivity index (χ3v) is 5.35. The Kier molecular flexibility index (Phi) is 6.02. The predicted molar refractivity (Wildman–Crippen MR) is 107 cm³/mol. The van der Waals surface area contributed by atoms with E-state index in [1.165, 1.54) is 11.3 Å². The smallest absolute Gasteiger partial charge is 0.269 e. The summed E-state index contributed by atoms with van der Waals surface area (Å²) in [6.07, 6.45) is 0. The Morgan fingerprint density at radius 1 is 1.12 bits per heavy atom. The van der Waals surface area contributed by atoms with Crippen LogP contribution in [0.4, 0.5) is 5.69 Å². The molecule has 3 nitrogen and oxygen atoms in total. The largest absolute Gasteiger partial charge is 0.487 e. The van der Waals surface area contributed by atoms with Crippen molar-refractivity contribution in [2.45, 2.75) is 6.61 Å². The summed E-state index contributed by atoms with van der Waals surface area (Å²) < 4.78 is 6.73. The van der Waals surface area contributed by atoms with Crippen molar-refractivity contribution in [3.8, 4) is 5.75 Å². The molecule has 1 amide bonds. The van der Waals surface area contributed by atoms with Gasteiger partial charge in [0.05, 0.1) is 0 Å². The molecule has 0 aliphatic carbocycles. The Bertz CT molecular complexity index is 896. The molecule has 7 heteroatoms. The maximum Gasteiger partial charge on any atom is 0.269 e. The van der Waals surface area contributed by atoms with E-state index in [-0.39, 0.29) is 12.5 Å². The van der Waals surface area contributed by atoms with Crippen molar-refractivity contribution in [1.82, 2.24) is 0 Å². The minimum Gasteiger partial charge on any atom is -0.487 e. The number of hydrogen-bond acceptors (Lipinski definition) is 3. The van der Waals surface area contributed by atoms with E-state index in [9.17, 15) is 4.79 Å². The number of hydrogen-bond donors (Lipinski definition) is 1. The van der Waals surface area contributed by atoms with Crippen LogP contribution in [-0.4, -0.2) is 5.91 Å². The Hall–Kier alpha value is -1.53. The standard InChI is InChI=1S/C18H12BrCl2NO2S/c19-12-2-5-14(6-3-12)22-18(23)17-16(7-8-25-17)24-10-11-1-4-13(20)9-15(11)21/h1-9H,10H2,(H,22,23). The zero-order valence-corrected chi connectivity index (χ0v) is 16.7. The van der Waals surface area contributed by atoms with Crippen LogP contribution in [0.15, 0.2) is 58.4 Å². The molecule has 0 aliphatic heterocycles. The number of carbonyl (C=O) groups is 1. The van der Waals surface area contributed by atoms with Gasteiger partial charge in [0.2, 0.25) is 0 Å². The molecular formula is C18H12BrCl2NO2S. The van der Waals surface area contributed by atoms with Crippen LogP contribution in [0.25, 0.3) is 0 Å². The molecule has 0 saturated heterocycles. The van der Waals surface area contributed by atoms with Gasteiger partial charge in [-0.05, 0) is 47.8 Å². The van der Waals surface area contributed by atoms with E-state index in [4.69, 9.17) is 27.9 Å². The average molecular weight is 457 g/mol. The van der Waals surface area contributed by atoms with Gasteiger partial charge in [-0.3, -0.25) is 4.79 Å². The Morgan fingerprint density at radius 3 is 2.60 bits per heavy atom. The van der Waals surface area contributed by atoms with E-state index in [1.807, 2.05) is 29.6 Å². The first-order chi connectivity index (χ1) is 12.0. The highest BCUT2D eigenvalue weighted by molar-refractivity contribution is 9.10. The molecule has 1 heterocycles. The van der Waals surface area contributed by atoms with Gasteiger partial charge in [-0.2, -0.15) is 0 Å². The summed E-state index contributed by atoms with van der Waals surface area (Å²) in [6.45, 7) is 0.255. The van der Waals surface area contributed by atoms with Gasteiger partial charge in [0.1, 0.15) is 17.2 Å². The van der Waals surface area contributed by atoms with Crippen LogP contribution in [0.2, 0.25) is 10.0 Å². The maximum absolute atomic E-state index is 12.5. The Balaban J connectivity index is 1.69. The van der Waals surface area contributed by atoms with Gasteiger partial charge < -0.3 is 10.1 Å². The van der Waals surface area contributed by atoms with Crippen LogP contribution in [0, 0.1) is 0 Å². The second-order valence-electron chi connectivity index (χ2n) is 5.10. The molecule has 0 saturated carbocycles. The Labute approximate surface area is 167 Å². The molecule has 0 fully saturated rings. The lowest BCUT2D eigenvalue weighted by atomic mass is 10.2. The molecular weight excluding hydrogens is 445 g/mol. The number of nitrogens with one attached hydrogen (secondary N) is 1. The molecule has 3 rings (SSSR count). The van der Waals surface area contributed by atoms with E-state index in [0.717, 1.165) is 10.0 Å². The minimum atomic E-state index is -0.213. The summed E-state index contributed by atoms with van der Waals surface area (Å²) in [4.78, 5) is 13.0. The molecule has 0 radical (unpaired) electrons. The molecule has 128 valence electrons. The topological polar surface area (TPSA) is 38.3 Å². The second kappa shape index (κ2) is 8.23. The summed E-state index contributed by atoms with van der Waals surface area (Å²) in [7, 11) is 0. The van der Waals surface area contributed by atoms with Crippen molar-refractivity contribution in [3.05, 3.63) is 78.9 Å². The lowest BCUT2D eigenvalue weighted by molar-refractivity contribution is 0.102. The lowest BCUT2D eigenvalue weighted by Crippen LogP contribution is -2.11. The third-order valence-electron chi connectivity index (χ3n) is 3.34. The molecule has 0 bridgehead atoms. The zero-order chi connectivity index (χ0) is 17.8. The lowest BCUT2D eigenvalue weighted by Gasteiger charge is -2.09. The molecule has 0 spiro atoms. The minimum absolute atomic E-state index is 0.213. The molecule has 0 unspecified atom stereocenters. The fourth-order valence-corrected chi connectivity index (χ4v) is 3.55. The molecule has 1 aromatic heterocycles. The van der Waals surface area contributed by atoms with Crippen molar-refractivity contribution in [1.29, 1.82) is 0 Å². The molecule has 3 aromatic rings. The SMILES string of the molecule is O=C(Nc1ccc(Br)cc1)c1sccc1OCc1ccc(Cl)cc1Cl. The highest BCUT2D eigenvalue weighted by Crippen LogP contribution is 2.28. The van der Waals surface area contributed by atoms with Crippen molar-refractivity contribution < 1.29 is 9.53 Å². The number of halogens is 3. The number of carbonyl (C=O) groups excluding carboxylic acids is 1. The van der Waals surface area contributed by atoms with E-state index in [0.29, 0.717) is 26.4 Å². The second-order valence-corrected chi connectivity index (χ2v) is 7.77. The van der Waals surface area contributed by atoms with E-state index in [1.54, 1.807) is 24.3 Å². The van der Waals surface area contributed by atoms with Crippen LogP contribution >= 0.6 is 50.5 Å². The Morgan fingerprint density at radius 2 is 1.88 bits per heavy atom. The van der Waals surface area contributed by atoms with Gasteiger partial charge in [0.25, 0.3) is 5.91 Å². The van der Waals surface area contributed by atoms with Crippen LogP contribution in [0.1, 0.15) is 15.2 Å². The van der Waals surface area contributed by atoms with Crippen LogP contribution in [0.3, 0.4) is 0 Å². The fourth-order valence-electron chi connectivity index (χ4n) is 2.09. The quantitative estimate of drug-likeness (QED) is 0.466. The normalized spacial score (nSPS) is 10.5. The summed E-state index contributed by atoms with van der Waals surface area (Å²) in [6, 6.07) is 14.4. The molecule has 0 atom stereocenters. The van der Waals surface area contributed by atoms with Crippen LogP contribution in [-0.2, 0) is 6.61 Å². The van der Waals surface area contributed by atoms with Gasteiger partial charge >= 0.3 is 0 Å². The van der Waals surface area contributed by atoms with Crippen molar-refractivity contribution in [2.24, 2.45) is 0 Å². The monoisotopic (exact) mass is 455 g/mol. The van der Waals surface area contributed by atoms with Gasteiger partial charge in [-0.1, -0.05) is 45.2 Å². The van der Waals surface area contributed by atoms with Gasteiger partial charge in [-0.25, -0.2) is 0 Å². The van der Waals surface area contributed by atoms with Crippen molar-refractivity contribution >= 4 is 62.1 Å². The summed E-state index contributed by atoms with van der Waals surface area (Å²) >= 11 is 16.7. The first kappa shape index (κ1) is 18.3. The van der Waals surface area contributed by atoms with Crippen LogP contribution < -0.4 is 10.1 Å². The van der Waals surface area contributed by atoms with E-state index < -0.39 is 0 Å². The van der Waals surface area contributed by atoms with E-state index >= 15 is 0 Å². The third kappa shape index (κ3) is 4.76. The highest BCUT2D eigenvalue weighted by atomic mass is 79.9. The summed E-state index contributed by atoms with van der Waals surface area (Å²) in [5.74, 6) is 0.306. The average Bonchev–Trinajstić information content (AvgIpc) is 3.05. The number of rotatable bonds is 5. The first-order valence-corrected chi connectivity index (χ1v) is 9.67. The van der Waals surface area contributed by atoms with Crippen LogP contribution in [0.5, 0.6) is 5.75 Å². The maximum atomic E-state index is 12.5. The number of anilines is 1. The predicted octanol–water partition coefficient (Wildman–Crippen LogP) is 6.65.